The summed E-state index contributed by atoms with van der Waals surface area (Å²) in [6.07, 6.45) is 1.30. The molecule has 0 aliphatic heterocycles. The number of benzene rings is 1. The number of nitrogens with zero attached hydrogens (tertiary/aromatic N) is 2. The van der Waals surface area contributed by atoms with Gasteiger partial charge in [0.25, 0.3) is 10.0 Å². The van der Waals surface area contributed by atoms with Crippen molar-refractivity contribution in [1.82, 2.24) is 4.98 Å². The van der Waals surface area contributed by atoms with Gasteiger partial charge in [-0.3, -0.25) is 4.72 Å². The molecule has 0 saturated heterocycles. The van der Waals surface area contributed by atoms with Gasteiger partial charge in [0.1, 0.15) is 10.7 Å². The van der Waals surface area contributed by atoms with Crippen LogP contribution < -0.4 is 10.0 Å². The normalized spacial score (nSPS) is 10.7. The molecule has 0 atom stereocenters. The number of nitrogens with one attached hydrogen (secondary N) is 2. The molecular formula is C14H14N4O2S. The Kier molecular flexibility index (Phi) is 4.40. The molecular weight excluding hydrogens is 288 g/mol. The molecule has 108 valence electrons. The van der Waals surface area contributed by atoms with Crippen LogP contribution in [0.2, 0.25) is 0 Å². The van der Waals surface area contributed by atoms with Crippen molar-refractivity contribution in [2.24, 2.45) is 0 Å². The lowest BCUT2D eigenvalue weighted by molar-refractivity contribution is 0.601. The first-order valence-electron chi connectivity index (χ1n) is 6.28. The molecule has 1 aromatic carbocycles. The highest BCUT2D eigenvalue weighted by Crippen LogP contribution is 2.17. The van der Waals surface area contributed by atoms with E-state index in [1.165, 1.54) is 24.4 Å². The largest absolute Gasteiger partial charge is 0.370 e. The topological polar surface area (TPSA) is 94.9 Å². The number of nitriles is 1. The molecule has 1 heterocycles. The van der Waals surface area contributed by atoms with E-state index in [2.05, 4.69) is 15.0 Å². The standard InChI is InChI=1S/C14H14N4O2S/c1-2-16-14-8-7-13(10-17-14)21(19,20)18-12-5-3-11(9-15)4-6-12/h3-8,10,18H,2H2,1H3,(H,16,17). The van der Waals surface area contributed by atoms with Gasteiger partial charge in [-0.05, 0) is 43.3 Å². The van der Waals surface area contributed by atoms with E-state index in [1.807, 2.05) is 13.0 Å². The third-order valence-electron chi connectivity index (χ3n) is 2.67. The Hall–Kier alpha value is -2.59. The number of aromatic nitrogens is 1. The highest BCUT2D eigenvalue weighted by Gasteiger charge is 2.14. The summed E-state index contributed by atoms with van der Waals surface area (Å²) in [6, 6.07) is 11.2. The smallest absolute Gasteiger partial charge is 0.263 e. The molecule has 2 N–H and O–H groups in total. The molecule has 6 nitrogen and oxygen atoms in total. The Morgan fingerprint density at radius 3 is 2.43 bits per heavy atom. The Morgan fingerprint density at radius 2 is 1.90 bits per heavy atom. The lowest BCUT2D eigenvalue weighted by Crippen LogP contribution is -2.13. The molecule has 0 amide bonds. The Labute approximate surface area is 123 Å². The van der Waals surface area contributed by atoms with Crippen LogP contribution in [0.15, 0.2) is 47.5 Å². The first kappa shape index (κ1) is 14.8. The average molecular weight is 302 g/mol. The second kappa shape index (κ2) is 6.24. The molecule has 1 aromatic heterocycles. The van der Waals surface area contributed by atoms with Gasteiger partial charge in [-0.25, -0.2) is 13.4 Å². The first-order valence-corrected chi connectivity index (χ1v) is 7.76. The molecule has 7 heteroatoms. The van der Waals surface area contributed by atoms with Gasteiger partial charge >= 0.3 is 0 Å². The minimum Gasteiger partial charge on any atom is -0.370 e. The van der Waals surface area contributed by atoms with Gasteiger partial charge in [0.2, 0.25) is 0 Å². The molecule has 2 aromatic rings. The van der Waals surface area contributed by atoms with Gasteiger partial charge in [-0.15, -0.1) is 0 Å². The van der Waals surface area contributed by atoms with Gasteiger partial charge in [-0.2, -0.15) is 5.26 Å². The summed E-state index contributed by atoms with van der Waals surface area (Å²) in [5.74, 6) is 0.620. The molecule has 0 aliphatic rings. The predicted octanol–water partition coefficient (Wildman–Crippen LogP) is 2.19. The second-order valence-corrected chi connectivity index (χ2v) is 5.89. The third kappa shape index (κ3) is 3.70. The van der Waals surface area contributed by atoms with Crippen molar-refractivity contribution < 1.29 is 8.42 Å². The molecule has 0 radical (unpaired) electrons. The van der Waals surface area contributed by atoms with E-state index >= 15 is 0 Å². The highest BCUT2D eigenvalue weighted by atomic mass is 32.2. The van der Waals surface area contributed by atoms with E-state index in [0.717, 1.165) is 0 Å². The van der Waals surface area contributed by atoms with Crippen LogP contribution in [0.25, 0.3) is 0 Å². The zero-order valence-electron chi connectivity index (χ0n) is 11.4. The van der Waals surface area contributed by atoms with Gasteiger partial charge in [0, 0.05) is 18.4 Å². The quantitative estimate of drug-likeness (QED) is 0.882. The van der Waals surface area contributed by atoms with Crippen LogP contribution in [0.3, 0.4) is 0 Å². The van der Waals surface area contributed by atoms with Crippen LogP contribution in [-0.4, -0.2) is 19.9 Å². The van der Waals surface area contributed by atoms with Gasteiger partial charge in [0.05, 0.1) is 11.6 Å². The summed E-state index contributed by atoms with van der Waals surface area (Å²) in [7, 11) is -3.69. The van der Waals surface area contributed by atoms with Crippen molar-refractivity contribution in [3.8, 4) is 6.07 Å². The lowest BCUT2D eigenvalue weighted by Gasteiger charge is -2.08. The Bertz CT molecular complexity index is 747. The molecule has 0 aliphatic carbocycles. The van der Waals surface area contributed by atoms with E-state index < -0.39 is 10.0 Å². The molecule has 0 bridgehead atoms. The number of rotatable bonds is 5. The minimum atomic E-state index is -3.69. The fourth-order valence-corrected chi connectivity index (χ4v) is 2.65. The van der Waals surface area contributed by atoms with E-state index in [-0.39, 0.29) is 4.90 Å². The third-order valence-corrected chi connectivity index (χ3v) is 4.04. The van der Waals surface area contributed by atoms with Crippen molar-refractivity contribution in [2.75, 3.05) is 16.6 Å². The summed E-state index contributed by atoms with van der Waals surface area (Å²) >= 11 is 0. The van der Waals surface area contributed by atoms with Crippen molar-refractivity contribution >= 4 is 21.5 Å². The van der Waals surface area contributed by atoms with E-state index in [1.54, 1.807) is 18.2 Å². The summed E-state index contributed by atoms with van der Waals surface area (Å²) in [5.41, 5.74) is 0.861. The van der Waals surface area contributed by atoms with Crippen LogP contribution in [0, 0.1) is 11.3 Å². The first-order chi connectivity index (χ1) is 10.0. The monoisotopic (exact) mass is 302 g/mol. The molecule has 0 spiro atoms. The summed E-state index contributed by atoms with van der Waals surface area (Å²) < 4.78 is 26.8. The fourth-order valence-electron chi connectivity index (χ4n) is 1.65. The van der Waals surface area contributed by atoms with Crippen molar-refractivity contribution in [3.63, 3.8) is 0 Å². The van der Waals surface area contributed by atoms with E-state index in [0.29, 0.717) is 23.6 Å². The zero-order chi connectivity index (χ0) is 15.3. The SMILES string of the molecule is CCNc1ccc(S(=O)(=O)Nc2ccc(C#N)cc2)cn1. The summed E-state index contributed by atoms with van der Waals surface area (Å²) in [4.78, 5) is 4.11. The van der Waals surface area contributed by atoms with Crippen molar-refractivity contribution in [1.29, 1.82) is 5.26 Å². The van der Waals surface area contributed by atoms with Crippen molar-refractivity contribution in [2.45, 2.75) is 11.8 Å². The maximum Gasteiger partial charge on any atom is 0.263 e. The van der Waals surface area contributed by atoms with Crippen LogP contribution in [0.5, 0.6) is 0 Å². The number of anilines is 2. The maximum absolute atomic E-state index is 12.2. The van der Waals surface area contributed by atoms with Crippen LogP contribution in [0.4, 0.5) is 11.5 Å². The predicted molar refractivity (Wildman–Crippen MR) is 80.4 cm³/mol. The van der Waals surface area contributed by atoms with E-state index in [9.17, 15) is 8.42 Å². The average Bonchev–Trinajstić information content (AvgIpc) is 2.48. The molecule has 2 rings (SSSR count). The minimum absolute atomic E-state index is 0.0773. The number of hydrogen-bond donors (Lipinski definition) is 2. The highest BCUT2D eigenvalue weighted by molar-refractivity contribution is 7.92. The van der Waals surface area contributed by atoms with Gasteiger partial charge < -0.3 is 5.32 Å². The van der Waals surface area contributed by atoms with Crippen LogP contribution in [-0.2, 0) is 10.0 Å². The number of sulfonamides is 1. The van der Waals surface area contributed by atoms with Crippen LogP contribution in [0.1, 0.15) is 12.5 Å². The number of hydrogen-bond acceptors (Lipinski definition) is 5. The summed E-state index contributed by atoms with van der Waals surface area (Å²) in [6.45, 7) is 2.64. The Balaban J connectivity index is 2.19. The second-order valence-electron chi connectivity index (χ2n) is 4.20. The molecule has 0 saturated carbocycles. The zero-order valence-corrected chi connectivity index (χ0v) is 12.2. The maximum atomic E-state index is 12.2. The molecule has 0 fully saturated rings. The fraction of sp³-hybridized carbons (Fsp3) is 0.143. The van der Waals surface area contributed by atoms with Crippen molar-refractivity contribution in [3.05, 3.63) is 48.2 Å². The van der Waals surface area contributed by atoms with E-state index in [4.69, 9.17) is 5.26 Å². The number of pyridine rings is 1. The molecule has 0 unspecified atom stereocenters. The lowest BCUT2D eigenvalue weighted by atomic mass is 10.2. The van der Waals surface area contributed by atoms with Crippen LogP contribution >= 0.6 is 0 Å². The van der Waals surface area contributed by atoms with Gasteiger partial charge in [-0.1, -0.05) is 0 Å². The Morgan fingerprint density at radius 1 is 1.19 bits per heavy atom. The van der Waals surface area contributed by atoms with Gasteiger partial charge in [0.15, 0.2) is 0 Å². The summed E-state index contributed by atoms with van der Waals surface area (Å²) in [5, 5.41) is 11.7. The molecule has 21 heavy (non-hydrogen) atoms.